The lowest BCUT2D eigenvalue weighted by atomic mass is 9.98. The van der Waals surface area contributed by atoms with Gasteiger partial charge < -0.3 is 9.80 Å². The van der Waals surface area contributed by atoms with Crippen molar-refractivity contribution in [2.24, 2.45) is 0 Å². The molecule has 8 nitrogen and oxygen atoms in total. The summed E-state index contributed by atoms with van der Waals surface area (Å²) < 4.78 is 16.9. The van der Waals surface area contributed by atoms with Crippen LogP contribution in [0.15, 0.2) is 60.6 Å². The molecule has 1 aliphatic rings. The first-order chi connectivity index (χ1) is 20.4. The Balaban J connectivity index is 1.86. The van der Waals surface area contributed by atoms with E-state index in [2.05, 4.69) is 23.1 Å². The summed E-state index contributed by atoms with van der Waals surface area (Å²) >= 11 is 6.90. The number of hydrogen-bond acceptors (Lipinski definition) is 6. The van der Waals surface area contributed by atoms with Gasteiger partial charge in [0.05, 0.1) is 27.5 Å². The Morgan fingerprint density at radius 2 is 1.95 bits per heavy atom. The third-order valence-corrected chi connectivity index (χ3v) is 8.11. The third kappa shape index (κ3) is 5.33. The summed E-state index contributed by atoms with van der Waals surface area (Å²) in [7, 11) is 0. The molecule has 1 atom stereocenters. The highest BCUT2D eigenvalue weighted by atomic mass is 35.5. The number of aryl methyl sites for hydroxylation is 1. The molecule has 10 heteroatoms. The molecule has 5 rings (SSSR count). The smallest absolute Gasteiger partial charge is 0.350 e. The zero-order valence-electron chi connectivity index (χ0n) is 25.0. The fraction of sp³-hybridized carbons (Fsp3) is 0.303. The zero-order chi connectivity index (χ0) is 31.2. The number of halogens is 2. The standard InChI is InChI=1S/C33H34ClFN6O2/c1-8-26(42)39-14-15-40(21(7)17-39)31-23-16-24(34)29(27-22(18(2)3)10-9-11-25(27)35)37-32(23)41(33(43)38-31)30-20(6)12-13-36-28(30)19(4)5/h8-13,16,19,21H,1-2,14-15,17H2,3-7H3/t21-/m0/s1. The highest BCUT2D eigenvalue weighted by Crippen LogP contribution is 2.38. The molecule has 0 aliphatic carbocycles. The van der Waals surface area contributed by atoms with Crippen molar-refractivity contribution in [2.45, 2.75) is 46.6 Å². The fourth-order valence-corrected chi connectivity index (χ4v) is 5.95. The first kappa shape index (κ1) is 30.1. The number of fused-ring (bicyclic) bond motifs is 1. The number of benzene rings is 1. The van der Waals surface area contributed by atoms with Crippen molar-refractivity contribution in [2.75, 3.05) is 24.5 Å². The molecule has 1 amide bonds. The number of allylic oxidation sites excluding steroid dienone is 1. The number of carbonyl (C=O) groups excluding carboxylic acids is 1. The van der Waals surface area contributed by atoms with Crippen LogP contribution in [0, 0.1) is 12.7 Å². The van der Waals surface area contributed by atoms with Crippen LogP contribution in [0.1, 0.15) is 50.4 Å². The van der Waals surface area contributed by atoms with Gasteiger partial charge in [-0.1, -0.05) is 56.3 Å². The van der Waals surface area contributed by atoms with E-state index in [0.717, 1.165) is 5.56 Å². The van der Waals surface area contributed by atoms with Gasteiger partial charge in [-0.05, 0) is 62.1 Å². The SMILES string of the molecule is C=CC(=O)N1CCN(c2nc(=O)n(-c3c(C)ccnc3C(C)C)c3nc(-c4c(F)cccc4C(=C)C)c(Cl)cc23)[C@@H](C)C1. The zero-order valence-corrected chi connectivity index (χ0v) is 25.7. The Morgan fingerprint density at radius 3 is 2.60 bits per heavy atom. The van der Waals surface area contributed by atoms with Crippen molar-refractivity contribution in [3.63, 3.8) is 0 Å². The largest absolute Gasteiger partial charge is 0.355 e. The van der Waals surface area contributed by atoms with E-state index in [1.54, 1.807) is 36.2 Å². The van der Waals surface area contributed by atoms with E-state index in [0.29, 0.717) is 53.4 Å². The molecule has 0 N–H and O–H groups in total. The summed E-state index contributed by atoms with van der Waals surface area (Å²) in [4.78, 5) is 44.2. The molecule has 4 heterocycles. The van der Waals surface area contributed by atoms with Crippen molar-refractivity contribution in [1.82, 2.24) is 24.4 Å². The summed E-state index contributed by atoms with van der Waals surface area (Å²) in [5.74, 6) is -0.271. The molecule has 0 bridgehead atoms. The lowest BCUT2D eigenvalue weighted by Crippen LogP contribution is -2.54. The lowest BCUT2D eigenvalue weighted by Gasteiger charge is -2.40. The molecule has 1 aromatic carbocycles. The Kier molecular flexibility index (Phi) is 8.21. The van der Waals surface area contributed by atoms with Crippen LogP contribution in [0.2, 0.25) is 5.02 Å². The van der Waals surface area contributed by atoms with E-state index >= 15 is 4.39 Å². The van der Waals surface area contributed by atoms with Crippen LogP contribution in [-0.2, 0) is 4.79 Å². The van der Waals surface area contributed by atoms with Gasteiger partial charge in [0.1, 0.15) is 11.6 Å². The van der Waals surface area contributed by atoms with Crippen LogP contribution in [-0.4, -0.2) is 56.0 Å². The number of anilines is 1. The van der Waals surface area contributed by atoms with Gasteiger partial charge in [0.25, 0.3) is 0 Å². The maximum Gasteiger partial charge on any atom is 0.355 e. The fourth-order valence-electron chi connectivity index (χ4n) is 5.71. The highest BCUT2D eigenvalue weighted by Gasteiger charge is 2.31. The molecule has 222 valence electrons. The molecular weight excluding hydrogens is 567 g/mol. The quantitative estimate of drug-likeness (QED) is 0.241. The molecule has 0 radical (unpaired) electrons. The van der Waals surface area contributed by atoms with Crippen molar-refractivity contribution in [3.05, 3.63) is 93.9 Å². The van der Waals surface area contributed by atoms with Gasteiger partial charge in [-0.3, -0.25) is 9.78 Å². The van der Waals surface area contributed by atoms with Gasteiger partial charge in [0, 0.05) is 37.4 Å². The summed E-state index contributed by atoms with van der Waals surface area (Å²) in [5, 5.41) is 0.725. The van der Waals surface area contributed by atoms with Crippen molar-refractivity contribution in [3.8, 4) is 16.9 Å². The third-order valence-electron chi connectivity index (χ3n) is 7.82. The number of piperazine rings is 1. The molecular formula is C33H34ClFN6O2. The molecule has 1 saturated heterocycles. The Labute approximate surface area is 255 Å². The Hall–Kier alpha value is -4.37. The van der Waals surface area contributed by atoms with E-state index < -0.39 is 11.5 Å². The van der Waals surface area contributed by atoms with E-state index in [-0.39, 0.29) is 39.8 Å². The summed E-state index contributed by atoms with van der Waals surface area (Å²) in [6, 6.07) is 8.08. The van der Waals surface area contributed by atoms with E-state index in [9.17, 15) is 9.59 Å². The average molecular weight is 601 g/mol. The second-order valence-electron chi connectivity index (χ2n) is 11.2. The topological polar surface area (TPSA) is 84.2 Å². The van der Waals surface area contributed by atoms with Crippen molar-refractivity contribution in [1.29, 1.82) is 0 Å². The van der Waals surface area contributed by atoms with Crippen LogP contribution in [0.5, 0.6) is 0 Å². The van der Waals surface area contributed by atoms with Gasteiger partial charge >= 0.3 is 5.69 Å². The van der Waals surface area contributed by atoms with Crippen LogP contribution in [0.3, 0.4) is 0 Å². The maximum absolute atomic E-state index is 15.5. The predicted octanol–water partition coefficient (Wildman–Crippen LogP) is 6.32. The van der Waals surface area contributed by atoms with E-state index in [1.165, 1.54) is 16.7 Å². The minimum Gasteiger partial charge on any atom is -0.350 e. The normalized spacial score (nSPS) is 15.3. The van der Waals surface area contributed by atoms with E-state index in [4.69, 9.17) is 16.6 Å². The molecule has 0 spiro atoms. The number of rotatable bonds is 6. The number of aromatic nitrogens is 4. The number of hydrogen-bond donors (Lipinski definition) is 0. The Morgan fingerprint density at radius 1 is 1.21 bits per heavy atom. The summed E-state index contributed by atoms with van der Waals surface area (Å²) in [5.41, 5.74) is 3.43. The first-order valence-corrected chi connectivity index (χ1v) is 14.5. The predicted molar refractivity (Wildman–Crippen MR) is 170 cm³/mol. The van der Waals surface area contributed by atoms with E-state index in [1.807, 2.05) is 38.7 Å². The molecule has 43 heavy (non-hydrogen) atoms. The van der Waals surface area contributed by atoms with Crippen LogP contribution in [0.25, 0.3) is 33.6 Å². The van der Waals surface area contributed by atoms with Gasteiger partial charge in [-0.25, -0.2) is 18.7 Å². The van der Waals surface area contributed by atoms with Gasteiger partial charge in [0.15, 0.2) is 5.65 Å². The van der Waals surface area contributed by atoms with Gasteiger partial charge in [-0.2, -0.15) is 4.98 Å². The molecule has 1 fully saturated rings. The Bertz CT molecular complexity index is 1850. The average Bonchev–Trinajstić information content (AvgIpc) is 2.96. The van der Waals surface area contributed by atoms with Crippen LogP contribution < -0.4 is 10.6 Å². The number of amides is 1. The first-order valence-electron chi connectivity index (χ1n) is 14.2. The van der Waals surface area contributed by atoms with Crippen molar-refractivity contribution >= 4 is 39.9 Å². The van der Waals surface area contributed by atoms with Gasteiger partial charge in [-0.15, -0.1) is 0 Å². The molecule has 1 aliphatic heterocycles. The van der Waals surface area contributed by atoms with Crippen molar-refractivity contribution < 1.29 is 9.18 Å². The van der Waals surface area contributed by atoms with Crippen LogP contribution >= 0.6 is 11.6 Å². The molecule has 0 unspecified atom stereocenters. The minimum atomic E-state index is -0.549. The summed E-state index contributed by atoms with van der Waals surface area (Å²) in [6.45, 7) is 18.6. The summed E-state index contributed by atoms with van der Waals surface area (Å²) in [6.07, 6.45) is 3.01. The highest BCUT2D eigenvalue weighted by molar-refractivity contribution is 6.34. The van der Waals surface area contributed by atoms with Gasteiger partial charge in [0.2, 0.25) is 5.91 Å². The second-order valence-corrected chi connectivity index (χ2v) is 11.6. The minimum absolute atomic E-state index is 0.0135. The molecule has 4 aromatic rings. The number of nitrogens with zero attached hydrogens (tertiary/aromatic N) is 6. The lowest BCUT2D eigenvalue weighted by molar-refractivity contribution is -0.126. The number of pyridine rings is 2. The molecule has 3 aromatic heterocycles. The second kappa shape index (κ2) is 11.7. The maximum atomic E-state index is 15.5. The number of carbonyl (C=O) groups is 1. The monoisotopic (exact) mass is 600 g/mol. The van der Waals surface area contributed by atoms with Crippen LogP contribution in [0.4, 0.5) is 10.2 Å². The molecule has 0 saturated carbocycles.